The number of para-hydroxylation sites is 1. The average molecular weight is 613 g/mol. The first-order valence-corrected chi connectivity index (χ1v) is 14.4. The molecule has 44 heavy (non-hydrogen) atoms. The van der Waals surface area contributed by atoms with Gasteiger partial charge in [-0.1, -0.05) is 43.3 Å². The molecule has 2 aliphatic rings. The lowest BCUT2D eigenvalue weighted by molar-refractivity contribution is -0.234. The molecule has 2 aromatic carbocycles. The third kappa shape index (κ3) is 7.73. The molecule has 0 radical (unpaired) electrons. The van der Waals surface area contributed by atoms with Crippen molar-refractivity contribution >= 4 is 17.2 Å². The number of hydrogen-bond donors (Lipinski definition) is 2. The molecule has 7 nitrogen and oxygen atoms in total. The molecule has 0 saturated heterocycles. The third-order valence-electron chi connectivity index (χ3n) is 7.31. The second-order valence-electron chi connectivity index (χ2n) is 12.0. The summed E-state index contributed by atoms with van der Waals surface area (Å²) in [6.07, 6.45) is 0.864. The second-order valence-corrected chi connectivity index (χ2v) is 12.0. The summed E-state index contributed by atoms with van der Waals surface area (Å²) in [4.78, 5) is 14.9. The number of carboxylic acids is 1. The maximum absolute atomic E-state index is 13.6. The van der Waals surface area contributed by atoms with Gasteiger partial charge in [0.15, 0.2) is 0 Å². The lowest BCUT2D eigenvalue weighted by atomic mass is 9.97. The van der Waals surface area contributed by atoms with Crippen LogP contribution in [0.1, 0.15) is 67.6 Å². The number of ether oxygens (including phenoxy) is 2. The van der Waals surface area contributed by atoms with Crippen LogP contribution in [0.3, 0.4) is 0 Å². The lowest BCUT2D eigenvalue weighted by Crippen LogP contribution is -2.44. The van der Waals surface area contributed by atoms with Crippen molar-refractivity contribution in [3.8, 4) is 5.75 Å². The van der Waals surface area contributed by atoms with E-state index in [4.69, 9.17) is 9.47 Å². The van der Waals surface area contributed by atoms with Crippen LogP contribution in [-0.4, -0.2) is 57.8 Å². The summed E-state index contributed by atoms with van der Waals surface area (Å²) in [5.74, 6) is -0.440. The van der Waals surface area contributed by atoms with Gasteiger partial charge in [0.1, 0.15) is 5.75 Å². The van der Waals surface area contributed by atoms with Crippen molar-refractivity contribution in [2.75, 3.05) is 13.7 Å². The molecule has 0 aromatic heterocycles. The molecule has 2 heterocycles. The van der Waals surface area contributed by atoms with E-state index in [9.17, 15) is 28.2 Å². The van der Waals surface area contributed by atoms with Crippen LogP contribution in [0, 0.1) is 12.8 Å². The molecule has 2 N–H and O–H groups in total. The molecule has 2 aromatic rings. The fraction of sp³-hybridized carbons (Fsp3) is 0.382. The molecule has 0 fully saturated rings. The number of methoxy groups -OCH3 is 1. The summed E-state index contributed by atoms with van der Waals surface area (Å²) < 4.78 is 52.3. The van der Waals surface area contributed by atoms with Gasteiger partial charge in [0.05, 0.1) is 36.1 Å². The monoisotopic (exact) mass is 612 g/mol. The Bertz CT molecular complexity index is 1520. The van der Waals surface area contributed by atoms with Crippen LogP contribution in [0.5, 0.6) is 5.75 Å². The van der Waals surface area contributed by atoms with Gasteiger partial charge in [-0.25, -0.2) is 4.79 Å². The number of allylic oxidation sites excluding steroid dienone is 4. The van der Waals surface area contributed by atoms with Gasteiger partial charge in [-0.15, -0.1) is 0 Å². The third-order valence-corrected chi connectivity index (χ3v) is 7.31. The second kappa shape index (κ2) is 12.9. The van der Waals surface area contributed by atoms with Gasteiger partial charge >= 0.3 is 12.1 Å². The fourth-order valence-electron chi connectivity index (χ4n) is 5.24. The molecule has 2 aliphatic heterocycles. The molecule has 236 valence electrons. The highest BCUT2D eigenvalue weighted by atomic mass is 19.4. The Morgan fingerprint density at radius 2 is 1.84 bits per heavy atom. The first kappa shape index (κ1) is 32.9. The van der Waals surface area contributed by atoms with Crippen molar-refractivity contribution in [2.24, 2.45) is 5.92 Å². The number of aliphatic hydroxyl groups is 1. The Morgan fingerprint density at radius 3 is 2.45 bits per heavy atom. The first-order valence-electron chi connectivity index (χ1n) is 14.4. The van der Waals surface area contributed by atoms with Gasteiger partial charge in [0, 0.05) is 29.6 Å². The van der Waals surface area contributed by atoms with Crippen molar-refractivity contribution in [3.63, 3.8) is 0 Å². The number of aryl methyl sites for hydroxylation is 1. The van der Waals surface area contributed by atoms with E-state index in [0.717, 1.165) is 11.3 Å². The zero-order chi connectivity index (χ0) is 32.4. The van der Waals surface area contributed by atoms with E-state index in [1.165, 1.54) is 4.90 Å². The van der Waals surface area contributed by atoms with Crippen LogP contribution in [0.4, 0.5) is 13.2 Å². The summed E-state index contributed by atoms with van der Waals surface area (Å²) in [5.41, 5.74) is 3.59. The van der Waals surface area contributed by atoms with Gasteiger partial charge in [-0.3, -0.25) is 0 Å². The number of halogens is 3. The van der Waals surface area contributed by atoms with E-state index >= 15 is 0 Å². The maximum Gasteiger partial charge on any atom is 0.390 e. The number of aromatic carboxylic acids is 1. The predicted molar refractivity (Wildman–Crippen MR) is 163 cm³/mol. The Hall–Kier alpha value is -4.02. The predicted octanol–water partition coefficient (Wildman–Crippen LogP) is 7.55. The minimum Gasteiger partial charge on any atom is -0.496 e. The number of fused-ring (bicyclic) bond motifs is 1. The zero-order valence-corrected chi connectivity index (χ0v) is 25.8. The molecule has 0 spiro atoms. The number of carbonyl (C=O) groups is 1. The van der Waals surface area contributed by atoms with Crippen LogP contribution in [0.15, 0.2) is 78.3 Å². The number of hydrogen-bond acceptors (Lipinski definition) is 6. The molecule has 0 saturated carbocycles. The summed E-state index contributed by atoms with van der Waals surface area (Å²) >= 11 is 0. The Labute approximate surface area is 256 Å². The van der Waals surface area contributed by atoms with Gasteiger partial charge in [-0.05, 0) is 75.4 Å². The van der Waals surface area contributed by atoms with E-state index in [1.54, 1.807) is 65.1 Å². The molecule has 0 bridgehead atoms. The summed E-state index contributed by atoms with van der Waals surface area (Å²) in [5, 5.41) is 20.9. The topological polar surface area (TPSA) is 82.5 Å². The standard InChI is InChI=1S/C34H39F3N2O5/c1-21-11-14-27-29(38(16-15-34(35,36)37)32(42)44-33(3,4)5)19-24(26-9-7-8-10-30(26)43-6)20-39(27)28(17-21)23-12-13-25(31(40)41)22(2)18-23/h7-10,12-14,17-21,32,42H,11,15-16H2,1-6H3,(H,40,41). The minimum atomic E-state index is -4.48. The average Bonchev–Trinajstić information content (AvgIpc) is 3.09. The molecule has 4 rings (SSSR count). The molecular formula is C34H39F3N2O5. The number of benzene rings is 2. The smallest absolute Gasteiger partial charge is 0.390 e. The number of carboxylic acid groups (broad SMARTS) is 1. The Kier molecular flexibility index (Phi) is 9.65. The van der Waals surface area contributed by atoms with Crippen molar-refractivity contribution < 1.29 is 37.7 Å². The SMILES string of the molecule is COc1ccccc1C1=CN2C(=CCC(C)C=C2c2ccc(C(=O)O)c(C)c2)C(N(CCC(F)(F)F)C(O)OC(C)(C)C)=C1. The molecule has 0 aliphatic carbocycles. The van der Waals surface area contributed by atoms with Gasteiger partial charge < -0.3 is 29.5 Å². The minimum absolute atomic E-state index is 0.0336. The van der Waals surface area contributed by atoms with E-state index in [-0.39, 0.29) is 11.5 Å². The highest BCUT2D eigenvalue weighted by Gasteiger charge is 2.36. The molecule has 2 unspecified atom stereocenters. The summed E-state index contributed by atoms with van der Waals surface area (Å²) in [6.45, 7) is 8.35. The molecule has 10 heteroatoms. The lowest BCUT2D eigenvalue weighted by Gasteiger charge is -2.40. The highest BCUT2D eigenvalue weighted by Crippen LogP contribution is 2.42. The van der Waals surface area contributed by atoms with E-state index in [2.05, 4.69) is 6.08 Å². The number of alkyl halides is 3. The highest BCUT2D eigenvalue weighted by molar-refractivity contribution is 5.90. The quantitative estimate of drug-likeness (QED) is 0.283. The Morgan fingerprint density at radius 1 is 1.14 bits per heavy atom. The van der Waals surface area contributed by atoms with Crippen LogP contribution in [0.25, 0.3) is 11.3 Å². The van der Waals surface area contributed by atoms with Crippen LogP contribution < -0.4 is 4.74 Å². The van der Waals surface area contributed by atoms with Crippen LogP contribution in [0.2, 0.25) is 0 Å². The molecule has 2 atom stereocenters. The number of aliphatic hydroxyl groups excluding tert-OH is 1. The first-order chi connectivity index (χ1) is 20.6. The zero-order valence-electron chi connectivity index (χ0n) is 25.8. The van der Waals surface area contributed by atoms with Crippen molar-refractivity contribution in [1.82, 2.24) is 9.80 Å². The van der Waals surface area contributed by atoms with E-state index in [1.807, 2.05) is 42.3 Å². The maximum atomic E-state index is 13.6. The van der Waals surface area contributed by atoms with Crippen molar-refractivity contribution in [1.29, 1.82) is 0 Å². The van der Waals surface area contributed by atoms with Gasteiger partial charge in [-0.2, -0.15) is 13.2 Å². The Balaban J connectivity index is 1.95. The van der Waals surface area contributed by atoms with Gasteiger partial charge in [0.25, 0.3) is 0 Å². The van der Waals surface area contributed by atoms with E-state index in [0.29, 0.717) is 40.3 Å². The summed E-state index contributed by atoms with van der Waals surface area (Å²) in [6, 6.07) is 12.4. The number of rotatable bonds is 9. The molecule has 0 amide bonds. The molecular weight excluding hydrogens is 573 g/mol. The summed E-state index contributed by atoms with van der Waals surface area (Å²) in [7, 11) is 1.54. The van der Waals surface area contributed by atoms with Crippen LogP contribution in [-0.2, 0) is 4.74 Å². The van der Waals surface area contributed by atoms with E-state index < -0.39 is 37.1 Å². The number of nitrogens with zero attached hydrogens (tertiary/aromatic N) is 2. The normalized spacial score (nSPS) is 17.9. The van der Waals surface area contributed by atoms with Crippen molar-refractivity contribution in [3.05, 3.63) is 101 Å². The van der Waals surface area contributed by atoms with Crippen LogP contribution >= 0.6 is 0 Å². The largest absolute Gasteiger partial charge is 0.496 e. The van der Waals surface area contributed by atoms with Gasteiger partial charge in [0.2, 0.25) is 6.41 Å². The van der Waals surface area contributed by atoms with Crippen molar-refractivity contribution in [2.45, 2.75) is 65.7 Å². The fourth-order valence-corrected chi connectivity index (χ4v) is 5.24.